The highest BCUT2D eigenvalue weighted by molar-refractivity contribution is 6.02. The molecule has 14 nitrogen and oxygen atoms in total. The molecule has 2 aromatic heterocycles. The highest BCUT2D eigenvalue weighted by Gasteiger charge is 2.54. The van der Waals surface area contributed by atoms with Gasteiger partial charge in [-0.05, 0) is 164 Å². The van der Waals surface area contributed by atoms with Gasteiger partial charge in [-0.1, -0.05) is 48.5 Å². The summed E-state index contributed by atoms with van der Waals surface area (Å²) < 4.78 is 82.7. The van der Waals surface area contributed by atoms with Crippen LogP contribution in [-0.4, -0.2) is 57.5 Å². The number of hydrogen-bond donors (Lipinski definition) is 2. The van der Waals surface area contributed by atoms with Crippen LogP contribution in [0.3, 0.4) is 0 Å². The number of fused-ring (bicyclic) bond motifs is 2. The Kier molecular flexibility index (Phi) is 13.9. The number of alkyl halides is 4. The van der Waals surface area contributed by atoms with Crippen molar-refractivity contribution in [3.63, 3.8) is 0 Å². The van der Waals surface area contributed by atoms with Crippen molar-refractivity contribution in [1.29, 1.82) is 0 Å². The molecule has 75 heavy (non-hydrogen) atoms. The Morgan fingerprint density at radius 2 is 0.867 bits per heavy atom. The summed E-state index contributed by atoms with van der Waals surface area (Å²) in [5.41, 5.74) is 3.31. The van der Waals surface area contributed by atoms with Crippen LogP contribution in [0.15, 0.2) is 109 Å². The Hall–Kier alpha value is -7.73. The quantitative estimate of drug-likeness (QED) is 0.0983. The van der Waals surface area contributed by atoms with Gasteiger partial charge >= 0.3 is 24.5 Å². The van der Waals surface area contributed by atoms with Gasteiger partial charge in [0.1, 0.15) is 22.8 Å². The molecular formula is C56H53ClF4N4O10. The first-order valence-electron chi connectivity index (χ1n) is 23.8. The van der Waals surface area contributed by atoms with Gasteiger partial charge in [-0.2, -0.15) is 0 Å². The van der Waals surface area contributed by atoms with Crippen molar-refractivity contribution >= 4 is 47.8 Å². The highest BCUT2D eigenvalue weighted by Crippen LogP contribution is 2.54. The predicted molar refractivity (Wildman–Crippen MR) is 271 cm³/mol. The summed E-state index contributed by atoms with van der Waals surface area (Å²) >= 11 is 0. The normalized spacial score (nSPS) is 16.5. The van der Waals surface area contributed by atoms with E-state index in [1.165, 1.54) is 24.3 Å². The number of esters is 2. The van der Waals surface area contributed by atoms with Crippen molar-refractivity contribution in [2.45, 2.75) is 116 Å². The molecule has 0 spiro atoms. The van der Waals surface area contributed by atoms with E-state index in [0.29, 0.717) is 82.1 Å². The van der Waals surface area contributed by atoms with E-state index in [9.17, 15) is 36.7 Å². The van der Waals surface area contributed by atoms with Crippen molar-refractivity contribution in [3.05, 3.63) is 143 Å². The first-order valence-corrected chi connectivity index (χ1v) is 23.8. The van der Waals surface area contributed by atoms with Crippen molar-refractivity contribution < 1.29 is 65.2 Å². The summed E-state index contributed by atoms with van der Waals surface area (Å²) in [7, 11) is 0. The van der Waals surface area contributed by atoms with E-state index < -0.39 is 46.6 Å². The number of ether oxygens (including phenoxy) is 6. The second-order valence-electron chi connectivity index (χ2n) is 20.6. The summed E-state index contributed by atoms with van der Waals surface area (Å²) in [4.78, 5) is 61.0. The van der Waals surface area contributed by atoms with Crippen LogP contribution in [0.2, 0.25) is 0 Å². The third kappa shape index (κ3) is 11.8. The molecule has 2 N–H and O–H groups in total. The number of anilines is 2. The molecule has 2 aliphatic carbocycles. The molecule has 0 bridgehead atoms. The van der Waals surface area contributed by atoms with Crippen molar-refractivity contribution in [2.24, 2.45) is 0 Å². The maximum absolute atomic E-state index is 13.4. The third-order valence-electron chi connectivity index (χ3n) is 12.5. The molecule has 6 aromatic rings. The number of aryl methyl sites for hydroxylation is 2. The number of carbonyl (C=O) groups excluding carboxylic acids is 4. The molecule has 0 atom stereocenters. The van der Waals surface area contributed by atoms with Gasteiger partial charge in [0.25, 0.3) is 0 Å². The summed E-state index contributed by atoms with van der Waals surface area (Å²) in [5.74, 6) is -1.09. The summed E-state index contributed by atoms with van der Waals surface area (Å²) in [5, 5.41) is 5.74. The molecule has 2 aliphatic heterocycles. The SMILES string of the molecule is Cc1ccc(NC(=O)C2(c3ccc4c(c3)OC(F)(F)O4)CC2)nc1-c1cccc(C(=O)OC(C)(C)C)c1.Cc1ccc(NC(=O)C2(c3ccc4c(c3)OC(F)(F)O4)CC2)nc1-c1cccc(C(=O)OC(C)(C)C)c1.Cl. The average Bonchev–Trinajstić information content (AvgIpc) is 4.25. The third-order valence-corrected chi connectivity index (χ3v) is 12.5. The topological polar surface area (TPSA) is 174 Å². The van der Waals surface area contributed by atoms with Crippen LogP contribution in [-0.2, 0) is 29.9 Å². The lowest BCUT2D eigenvalue weighted by atomic mass is 9.94. The van der Waals surface area contributed by atoms with Crippen LogP contribution < -0.4 is 29.6 Å². The summed E-state index contributed by atoms with van der Waals surface area (Å²) in [6, 6.07) is 29.9. The Balaban J connectivity index is 0.000000197. The molecule has 4 aromatic carbocycles. The van der Waals surface area contributed by atoms with E-state index in [1.54, 1.807) is 102 Å². The molecule has 2 amide bonds. The number of hydrogen-bond acceptors (Lipinski definition) is 12. The second-order valence-corrected chi connectivity index (χ2v) is 20.6. The van der Waals surface area contributed by atoms with Gasteiger partial charge in [0.05, 0.1) is 33.3 Å². The Morgan fingerprint density at radius 3 is 1.21 bits per heavy atom. The van der Waals surface area contributed by atoms with Crippen LogP contribution in [0, 0.1) is 13.8 Å². The van der Waals surface area contributed by atoms with Gasteiger partial charge in [0.15, 0.2) is 23.0 Å². The first-order chi connectivity index (χ1) is 34.7. The number of nitrogens with zero attached hydrogens (tertiary/aromatic N) is 2. The predicted octanol–water partition coefficient (Wildman–Crippen LogP) is 12.4. The number of carbonyl (C=O) groups is 4. The number of rotatable bonds is 10. The van der Waals surface area contributed by atoms with Gasteiger partial charge in [-0.25, -0.2) is 19.6 Å². The molecule has 10 rings (SSSR count). The molecule has 4 heterocycles. The number of benzene rings is 4. The van der Waals surface area contributed by atoms with E-state index in [4.69, 9.17) is 9.47 Å². The van der Waals surface area contributed by atoms with Gasteiger partial charge in [0, 0.05) is 11.1 Å². The van der Waals surface area contributed by atoms with Gasteiger partial charge in [0.2, 0.25) is 11.8 Å². The number of amides is 2. The maximum Gasteiger partial charge on any atom is 0.586 e. The van der Waals surface area contributed by atoms with Crippen molar-refractivity contribution in [2.75, 3.05) is 10.6 Å². The molecule has 19 heteroatoms. The highest BCUT2D eigenvalue weighted by atomic mass is 35.5. The Morgan fingerprint density at radius 1 is 0.507 bits per heavy atom. The van der Waals surface area contributed by atoms with Gasteiger partial charge in [-0.3, -0.25) is 9.59 Å². The van der Waals surface area contributed by atoms with Crippen LogP contribution in [0.4, 0.5) is 29.2 Å². The number of halogens is 5. The largest absolute Gasteiger partial charge is 0.586 e. The maximum atomic E-state index is 13.4. The van der Waals surface area contributed by atoms with E-state index in [1.807, 2.05) is 38.1 Å². The van der Waals surface area contributed by atoms with E-state index in [2.05, 4.69) is 39.5 Å². The minimum absolute atomic E-state index is 0. The Labute approximate surface area is 435 Å². The monoisotopic (exact) mass is 1050 g/mol. The molecule has 392 valence electrons. The molecular weight excluding hydrogens is 1000 g/mol. The van der Waals surface area contributed by atoms with Crippen molar-refractivity contribution in [1.82, 2.24) is 9.97 Å². The zero-order valence-electron chi connectivity index (χ0n) is 42.1. The number of aromatic nitrogens is 2. The zero-order valence-corrected chi connectivity index (χ0v) is 42.9. The van der Waals surface area contributed by atoms with Crippen molar-refractivity contribution in [3.8, 4) is 45.5 Å². The first kappa shape index (κ1) is 53.6. The molecule has 0 unspecified atom stereocenters. The molecule has 0 radical (unpaired) electrons. The lowest BCUT2D eigenvalue weighted by Crippen LogP contribution is -2.28. The van der Waals surface area contributed by atoms with Gasteiger partial charge in [-0.15, -0.1) is 30.0 Å². The van der Waals surface area contributed by atoms with E-state index >= 15 is 0 Å². The van der Waals surface area contributed by atoms with E-state index in [0.717, 1.165) is 11.1 Å². The van der Waals surface area contributed by atoms with Crippen LogP contribution in [0.5, 0.6) is 23.0 Å². The standard InChI is InChI=1S/2C28H26F2N2O5.ClH/c2*1-16-8-11-22(31-23(16)17-6-5-7-18(14-17)24(33)37-26(2,3)4)32-25(34)27(12-13-27)19-9-10-20-21(15-19)36-28(29,30)35-20;/h2*5-11,14-15H,12-13H2,1-4H3,(H,31,32,34);1H. The second kappa shape index (κ2) is 19.5. The minimum atomic E-state index is -3.72. The Bertz CT molecular complexity index is 3040. The van der Waals surface area contributed by atoms with Crippen LogP contribution >= 0.6 is 12.4 Å². The van der Waals surface area contributed by atoms with Crippen LogP contribution in [0.25, 0.3) is 22.5 Å². The number of nitrogens with one attached hydrogen (secondary N) is 2. The summed E-state index contributed by atoms with van der Waals surface area (Å²) in [6.07, 6.45) is -5.19. The molecule has 4 aliphatic rings. The lowest BCUT2D eigenvalue weighted by molar-refractivity contribution is -0.287. The fraction of sp³-hybridized carbons (Fsp3) is 0.321. The smallest absolute Gasteiger partial charge is 0.456 e. The lowest BCUT2D eigenvalue weighted by Gasteiger charge is -2.19. The summed E-state index contributed by atoms with van der Waals surface area (Å²) in [6.45, 7) is 14.6. The molecule has 0 saturated heterocycles. The number of pyridine rings is 2. The zero-order chi connectivity index (χ0) is 53.2. The average molecular weight is 1050 g/mol. The van der Waals surface area contributed by atoms with Gasteiger partial charge < -0.3 is 39.1 Å². The fourth-order valence-corrected chi connectivity index (χ4v) is 8.55. The fourth-order valence-electron chi connectivity index (χ4n) is 8.55. The molecule has 2 saturated carbocycles. The minimum Gasteiger partial charge on any atom is -0.456 e. The van der Waals surface area contributed by atoms with E-state index in [-0.39, 0.29) is 47.2 Å². The van der Waals surface area contributed by atoms with Crippen LogP contribution in [0.1, 0.15) is 110 Å². The molecule has 2 fully saturated rings.